The third-order valence-corrected chi connectivity index (χ3v) is 0.733. The van der Waals surface area contributed by atoms with Gasteiger partial charge in [-0.25, -0.2) is 4.79 Å². The van der Waals surface area contributed by atoms with Crippen molar-refractivity contribution >= 4 is 6.16 Å². The first-order valence-corrected chi connectivity index (χ1v) is 2.62. The molecule has 1 aliphatic heterocycles. The molecule has 0 spiro atoms. The van der Waals surface area contributed by atoms with E-state index in [0.29, 0.717) is 6.61 Å². The Labute approximate surface area is 61.6 Å². The Balaban J connectivity index is 0. The number of carbonyl (C=O) groups excluding carboxylic acids is 1. The molecule has 0 aromatic carbocycles. The Morgan fingerprint density at radius 2 is 2.10 bits per heavy atom. The number of rotatable bonds is 0. The lowest BCUT2D eigenvalue weighted by atomic mass is 10.5. The normalized spacial score (nSPS) is 20.9. The summed E-state index contributed by atoms with van der Waals surface area (Å²) in [6, 6.07) is 0. The van der Waals surface area contributed by atoms with Crippen molar-refractivity contribution in [3.8, 4) is 0 Å². The van der Waals surface area contributed by atoms with E-state index in [1.165, 1.54) is 0 Å². The van der Waals surface area contributed by atoms with Crippen molar-refractivity contribution in [1.29, 1.82) is 0 Å². The van der Waals surface area contributed by atoms with E-state index in [2.05, 4.69) is 22.6 Å². The maximum Gasteiger partial charge on any atom is 0.508 e. The number of cyclic esters (lactones) is 2. The highest BCUT2D eigenvalue weighted by Crippen LogP contribution is 2.02. The predicted octanol–water partition coefficient (Wildman–Crippen LogP) is 1.98. The van der Waals surface area contributed by atoms with E-state index in [1.807, 2.05) is 0 Å². The Kier molecular flexibility index (Phi) is 7.22. The fraction of sp³-hybridized carbons (Fsp3) is 0.571. The Bertz CT molecular complexity index is 101. The summed E-state index contributed by atoms with van der Waals surface area (Å²) < 4.78 is 8.90. The standard InChI is InChI=1S/C4H6O3.C2H4.CH4/c1-3-2-6-4(5)7-3;1-2;/h3H,2H2,1H3;1-2H2;1H4. The summed E-state index contributed by atoms with van der Waals surface area (Å²) in [6.07, 6.45) is -0.597. The van der Waals surface area contributed by atoms with E-state index in [0.717, 1.165) is 0 Å². The quantitative estimate of drug-likeness (QED) is 0.387. The Hall–Kier alpha value is -0.990. The van der Waals surface area contributed by atoms with Crippen molar-refractivity contribution in [3.63, 3.8) is 0 Å². The van der Waals surface area contributed by atoms with Gasteiger partial charge in [0.15, 0.2) is 0 Å². The molecular weight excluding hydrogens is 132 g/mol. The minimum absolute atomic E-state index is 0. The van der Waals surface area contributed by atoms with E-state index in [9.17, 15) is 4.79 Å². The number of hydrogen-bond donors (Lipinski definition) is 0. The summed E-state index contributed by atoms with van der Waals surface area (Å²) in [5.74, 6) is 0. The molecule has 1 aliphatic rings. The van der Waals surface area contributed by atoms with Crippen LogP contribution in [-0.2, 0) is 9.47 Å². The van der Waals surface area contributed by atoms with Crippen LogP contribution in [0.4, 0.5) is 4.79 Å². The lowest BCUT2D eigenvalue weighted by Crippen LogP contribution is -2.01. The van der Waals surface area contributed by atoms with Gasteiger partial charge >= 0.3 is 6.16 Å². The minimum Gasteiger partial charge on any atom is -0.430 e. The molecule has 1 unspecified atom stereocenters. The molecule has 0 bridgehead atoms. The van der Waals surface area contributed by atoms with Gasteiger partial charge in [0.25, 0.3) is 0 Å². The second kappa shape index (κ2) is 6.13. The Morgan fingerprint density at radius 1 is 1.60 bits per heavy atom. The summed E-state index contributed by atoms with van der Waals surface area (Å²) in [5.41, 5.74) is 0. The Morgan fingerprint density at radius 3 is 2.20 bits per heavy atom. The van der Waals surface area contributed by atoms with Crippen LogP contribution < -0.4 is 0 Å². The number of carbonyl (C=O) groups is 1. The zero-order valence-electron chi connectivity index (χ0n) is 5.42. The van der Waals surface area contributed by atoms with Gasteiger partial charge in [0, 0.05) is 0 Å². The van der Waals surface area contributed by atoms with Gasteiger partial charge in [-0.1, -0.05) is 7.43 Å². The van der Waals surface area contributed by atoms with Gasteiger partial charge < -0.3 is 9.47 Å². The predicted molar refractivity (Wildman–Crippen MR) is 39.9 cm³/mol. The molecule has 0 radical (unpaired) electrons. The molecule has 0 N–H and O–H groups in total. The van der Waals surface area contributed by atoms with Crippen molar-refractivity contribution in [2.75, 3.05) is 6.61 Å². The molecule has 1 heterocycles. The molecule has 10 heavy (non-hydrogen) atoms. The van der Waals surface area contributed by atoms with Crippen LogP contribution in [0.15, 0.2) is 13.2 Å². The van der Waals surface area contributed by atoms with Gasteiger partial charge in [-0.3, -0.25) is 0 Å². The van der Waals surface area contributed by atoms with Gasteiger partial charge in [0.05, 0.1) is 0 Å². The summed E-state index contributed by atoms with van der Waals surface area (Å²) in [5, 5.41) is 0. The molecule has 0 aromatic rings. The maximum absolute atomic E-state index is 10.0. The van der Waals surface area contributed by atoms with Crippen LogP contribution >= 0.6 is 0 Å². The van der Waals surface area contributed by atoms with E-state index in [-0.39, 0.29) is 13.5 Å². The van der Waals surface area contributed by atoms with Crippen molar-refractivity contribution in [2.24, 2.45) is 0 Å². The van der Waals surface area contributed by atoms with Gasteiger partial charge in [0.2, 0.25) is 0 Å². The van der Waals surface area contributed by atoms with Crippen LogP contribution in [0, 0.1) is 0 Å². The van der Waals surface area contributed by atoms with Crippen LogP contribution in [0.25, 0.3) is 0 Å². The summed E-state index contributed by atoms with van der Waals surface area (Å²) in [6.45, 7) is 8.18. The van der Waals surface area contributed by atoms with Gasteiger partial charge in [0.1, 0.15) is 12.7 Å². The molecule has 3 heteroatoms. The molecule has 1 rings (SSSR count). The van der Waals surface area contributed by atoms with Crippen LogP contribution in [-0.4, -0.2) is 18.9 Å². The SMILES string of the molecule is C.C=C.CC1COC(=O)O1. The fourth-order valence-electron chi connectivity index (χ4n) is 0.418. The van der Waals surface area contributed by atoms with Crippen molar-refractivity contribution < 1.29 is 14.3 Å². The molecule has 0 amide bonds. The fourth-order valence-corrected chi connectivity index (χ4v) is 0.418. The first-order chi connectivity index (χ1) is 4.29. The van der Waals surface area contributed by atoms with E-state index in [4.69, 9.17) is 0 Å². The largest absolute Gasteiger partial charge is 0.508 e. The molecule has 1 saturated heterocycles. The highest BCUT2D eigenvalue weighted by Gasteiger charge is 2.19. The average molecular weight is 146 g/mol. The lowest BCUT2D eigenvalue weighted by Gasteiger charge is -1.90. The van der Waals surface area contributed by atoms with E-state index in [1.54, 1.807) is 6.92 Å². The summed E-state index contributed by atoms with van der Waals surface area (Å²) in [4.78, 5) is 10.0. The molecule has 0 aliphatic carbocycles. The smallest absolute Gasteiger partial charge is 0.430 e. The number of ether oxygens (including phenoxy) is 2. The molecule has 1 atom stereocenters. The first-order valence-electron chi connectivity index (χ1n) is 2.62. The average Bonchev–Trinajstić information content (AvgIpc) is 2.20. The second-order valence-corrected chi connectivity index (χ2v) is 1.49. The number of hydrogen-bond acceptors (Lipinski definition) is 3. The van der Waals surface area contributed by atoms with E-state index >= 15 is 0 Å². The molecule has 60 valence electrons. The van der Waals surface area contributed by atoms with Crippen molar-refractivity contribution in [3.05, 3.63) is 13.2 Å². The minimum atomic E-state index is -0.549. The molecular formula is C7H14O3. The van der Waals surface area contributed by atoms with Crippen LogP contribution in [0.1, 0.15) is 14.4 Å². The lowest BCUT2D eigenvalue weighted by molar-refractivity contribution is 0.121. The van der Waals surface area contributed by atoms with Crippen LogP contribution in [0.5, 0.6) is 0 Å². The topological polar surface area (TPSA) is 35.5 Å². The summed E-state index contributed by atoms with van der Waals surface area (Å²) >= 11 is 0. The van der Waals surface area contributed by atoms with Gasteiger partial charge in [-0.2, -0.15) is 0 Å². The third kappa shape index (κ3) is 3.95. The highest BCUT2D eigenvalue weighted by molar-refractivity contribution is 5.61. The third-order valence-electron chi connectivity index (χ3n) is 0.733. The molecule has 3 nitrogen and oxygen atoms in total. The van der Waals surface area contributed by atoms with Crippen LogP contribution in [0.3, 0.4) is 0 Å². The van der Waals surface area contributed by atoms with Crippen molar-refractivity contribution in [1.82, 2.24) is 0 Å². The molecule has 0 aromatic heterocycles. The first kappa shape index (κ1) is 11.8. The van der Waals surface area contributed by atoms with Crippen molar-refractivity contribution in [2.45, 2.75) is 20.5 Å². The van der Waals surface area contributed by atoms with Gasteiger partial charge in [-0.15, -0.1) is 13.2 Å². The monoisotopic (exact) mass is 146 g/mol. The zero-order valence-corrected chi connectivity index (χ0v) is 5.42. The second-order valence-electron chi connectivity index (χ2n) is 1.49. The molecule has 1 fully saturated rings. The zero-order chi connectivity index (χ0) is 7.28. The van der Waals surface area contributed by atoms with E-state index < -0.39 is 6.16 Å². The highest BCUT2D eigenvalue weighted by atomic mass is 16.8. The maximum atomic E-state index is 10.0. The summed E-state index contributed by atoms with van der Waals surface area (Å²) in [7, 11) is 0. The van der Waals surface area contributed by atoms with Crippen LogP contribution in [0.2, 0.25) is 0 Å². The molecule has 0 saturated carbocycles. The van der Waals surface area contributed by atoms with Gasteiger partial charge in [-0.05, 0) is 6.92 Å².